The number of alkyl halides is 3. The number of nitrogens with zero attached hydrogens (tertiary/aromatic N) is 2. The van der Waals surface area contributed by atoms with E-state index in [4.69, 9.17) is 0 Å². The van der Waals surface area contributed by atoms with Crippen molar-refractivity contribution < 1.29 is 13.2 Å². The van der Waals surface area contributed by atoms with Gasteiger partial charge in [0.05, 0.1) is 16.6 Å². The molecule has 0 spiro atoms. The van der Waals surface area contributed by atoms with E-state index < -0.39 is 17.3 Å². The van der Waals surface area contributed by atoms with E-state index >= 15 is 0 Å². The van der Waals surface area contributed by atoms with E-state index in [-0.39, 0.29) is 10.1 Å². The van der Waals surface area contributed by atoms with Crippen LogP contribution in [0.4, 0.5) is 13.2 Å². The predicted molar refractivity (Wildman–Crippen MR) is 74.1 cm³/mol. The number of halogens is 3. The third-order valence-corrected chi connectivity index (χ3v) is 3.88. The molecule has 0 unspecified atom stereocenters. The maximum atomic E-state index is 12.7. The third-order valence-electron chi connectivity index (χ3n) is 2.83. The normalized spacial score (nSPS) is 11.8. The minimum atomic E-state index is -4.45. The highest BCUT2D eigenvalue weighted by Crippen LogP contribution is 2.33. The third kappa shape index (κ3) is 2.64. The molecule has 0 saturated heterocycles. The molecule has 21 heavy (non-hydrogen) atoms. The van der Waals surface area contributed by atoms with Crippen molar-refractivity contribution in [2.45, 2.75) is 6.18 Å². The summed E-state index contributed by atoms with van der Waals surface area (Å²) in [7, 11) is 0. The van der Waals surface area contributed by atoms with Gasteiger partial charge in [0.2, 0.25) is 0 Å². The minimum Gasteiger partial charge on any atom is -0.267 e. The lowest BCUT2D eigenvalue weighted by Gasteiger charge is -2.07. The summed E-state index contributed by atoms with van der Waals surface area (Å²) in [5, 5.41) is 0.472. The summed E-state index contributed by atoms with van der Waals surface area (Å²) in [6.45, 7) is 0. The van der Waals surface area contributed by atoms with Crippen molar-refractivity contribution in [3.8, 4) is 10.7 Å². The number of rotatable bonds is 1. The number of hydrogen-bond acceptors (Lipinski definition) is 4. The second-order valence-electron chi connectivity index (χ2n) is 4.25. The molecule has 0 bridgehead atoms. The quantitative estimate of drug-likeness (QED) is 0.688. The van der Waals surface area contributed by atoms with Crippen molar-refractivity contribution >= 4 is 21.4 Å². The number of pyridine rings is 1. The Kier molecular flexibility index (Phi) is 3.21. The first-order chi connectivity index (χ1) is 9.95. The van der Waals surface area contributed by atoms with Gasteiger partial charge in [-0.25, -0.2) is 0 Å². The second-order valence-corrected chi connectivity index (χ2v) is 5.28. The molecule has 0 N–H and O–H groups in total. The van der Waals surface area contributed by atoms with Crippen LogP contribution in [-0.2, 0) is 6.18 Å². The molecule has 2 heterocycles. The van der Waals surface area contributed by atoms with Crippen LogP contribution in [0.3, 0.4) is 0 Å². The van der Waals surface area contributed by atoms with E-state index in [1.54, 1.807) is 18.2 Å². The van der Waals surface area contributed by atoms with Gasteiger partial charge in [-0.05, 0) is 30.3 Å². The zero-order valence-electron chi connectivity index (χ0n) is 10.4. The lowest BCUT2D eigenvalue weighted by Crippen LogP contribution is -2.09. The zero-order valence-corrected chi connectivity index (χ0v) is 11.2. The highest BCUT2D eigenvalue weighted by molar-refractivity contribution is 7.21. The molecule has 0 saturated carbocycles. The van der Waals surface area contributed by atoms with Gasteiger partial charge < -0.3 is 0 Å². The highest BCUT2D eigenvalue weighted by Gasteiger charge is 2.30. The van der Waals surface area contributed by atoms with Gasteiger partial charge in [-0.3, -0.25) is 9.78 Å². The van der Waals surface area contributed by atoms with Crippen molar-refractivity contribution in [1.82, 2.24) is 9.97 Å². The van der Waals surface area contributed by atoms with E-state index in [2.05, 4.69) is 9.97 Å². The lowest BCUT2D eigenvalue weighted by molar-refractivity contribution is -0.137. The van der Waals surface area contributed by atoms with Crippen molar-refractivity contribution in [2.75, 3.05) is 0 Å². The number of benzene rings is 1. The molecule has 106 valence electrons. The molecule has 0 aliphatic heterocycles. The van der Waals surface area contributed by atoms with Crippen molar-refractivity contribution in [3.63, 3.8) is 0 Å². The molecule has 1 aromatic carbocycles. The molecule has 3 rings (SSSR count). The zero-order chi connectivity index (χ0) is 15.0. The molecule has 2 aromatic heterocycles. The van der Waals surface area contributed by atoms with Crippen molar-refractivity contribution in [3.05, 3.63) is 58.5 Å². The fourth-order valence-corrected chi connectivity index (χ4v) is 2.85. The molecule has 7 heteroatoms. The Hall–Kier alpha value is -2.28. The molecule has 0 fully saturated rings. The van der Waals surface area contributed by atoms with Gasteiger partial charge in [-0.2, -0.15) is 18.2 Å². The van der Waals surface area contributed by atoms with Gasteiger partial charge in [-0.1, -0.05) is 6.07 Å². The first-order valence-electron chi connectivity index (χ1n) is 5.89. The predicted octanol–water partition coefficient (Wildman–Crippen LogP) is 3.74. The molecular weight excluding hydrogens is 301 g/mol. The molecule has 3 aromatic rings. The smallest absolute Gasteiger partial charge is 0.267 e. The Morgan fingerprint density at radius 1 is 1.10 bits per heavy atom. The van der Waals surface area contributed by atoms with Crippen LogP contribution in [0.1, 0.15) is 5.56 Å². The summed E-state index contributed by atoms with van der Waals surface area (Å²) >= 11 is 1.01. The summed E-state index contributed by atoms with van der Waals surface area (Å²) in [4.78, 5) is 19.9. The first kappa shape index (κ1) is 13.7. The lowest BCUT2D eigenvalue weighted by atomic mass is 10.2. The topological polar surface area (TPSA) is 42.9 Å². The van der Waals surface area contributed by atoms with Crippen LogP contribution < -0.4 is 5.56 Å². The van der Waals surface area contributed by atoms with Gasteiger partial charge in [0.15, 0.2) is 0 Å². The molecule has 0 aliphatic rings. The van der Waals surface area contributed by atoms with E-state index in [9.17, 15) is 18.0 Å². The molecule has 0 atom stereocenters. The van der Waals surface area contributed by atoms with Crippen LogP contribution in [0, 0.1) is 0 Å². The van der Waals surface area contributed by atoms with E-state index in [0.717, 1.165) is 29.5 Å². The minimum absolute atomic E-state index is 0.174. The summed E-state index contributed by atoms with van der Waals surface area (Å²) in [5.74, 6) is 0. The molecule has 3 nitrogen and oxygen atoms in total. The van der Waals surface area contributed by atoms with Gasteiger partial charge in [0, 0.05) is 10.9 Å². The van der Waals surface area contributed by atoms with Crippen LogP contribution in [-0.4, -0.2) is 9.97 Å². The second kappa shape index (κ2) is 4.92. The largest absolute Gasteiger partial charge is 0.416 e. The van der Waals surface area contributed by atoms with Crippen molar-refractivity contribution in [2.24, 2.45) is 0 Å². The van der Waals surface area contributed by atoms with Crippen LogP contribution in [0.25, 0.3) is 20.8 Å². The van der Waals surface area contributed by atoms with E-state index in [1.165, 1.54) is 6.20 Å². The first-order valence-corrected chi connectivity index (χ1v) is 6.70. The Bertz CT molecular complexity index is 859. The number of hydrogen-bond donors (Lipinski definition) is 0. The summed E-state index contributed by atoms with van der Waals surface area (Å²) < 4.78 is 38.5. The van der Waals surface area contributed by atoms with Gasteiger partial charge in [0.25, 0.3) is 5.56 Å². The Morgan fingerprint density at radius 3 is 2.57 bits per heavy atom. The van der Waals surface area contributed by atoms with Gasteiger partial charge in [0.1, 0.15) is 5.01 Å². The van der Waals surface area contributed by atoms with E-state index in [1.807, 2.05) is 0 Å². The molecular formula is C14H7F3N2OS. The number of fused-ring (bicyclic) bond motifs is 1. The Morgan fingerprint density at radius 2 is 1.90 bits per heavy atom. The van der Waals surface area contributed by atoms with Crippen LogP contribution in [0.15, 0.2) is 47.4 Å². The van der Waals surface area contributed by atoms with Crippen molar-refractivity contribution in [1.29, 1.82) is 0 Å². The Balaban J connectivity index is 2.24. The molecule has 0 amide bonds. The standard InChI is InChI=1S/C14H7F3N2OS/c15-14(16,17)8-4-5-9-11(7-8)21-13(19-12(9)20)10-3-1-2-6-18-10/h1-7H. The number of aromatic nitrogens is 2. The molecule has 0 radical (unpaired) electrons. The summed E-state index contributed by atoms with van der Waals surface area (Å²) in [6.07, 6.45) is -2.91. The molecule has 0 aliphatic carbocycles. The summed E-state index contributed by atoms with van der Waals surface area (Å²) in [5.41, 5.74) is -0.888. The average Bonchev–Trinajstić information content (AvgIpc) is 2.46. The van der Waals surface area contributed by atoms with Gasteiger partial charge in [-0.15, -0.1) is 11.3 Å². The monoisotopic (exact) mass is 308 g/mol. The van der Waals surface area contributed by atoms with Crippen LogP contribution in [0.5, 0.6) is 0 Å². The fourth-order valence-electron chi connectivity index (χ4n) is 1.84. The average molecular weight is 308 g/mol. The summed E-state index contributed by atoms with van der Waals surface area (Å²) in [6, 6.07) is 8.09. The van der Waals surface area contributed by atoms with Crippen LogP contribution in [0.2, 0.25) is 0 Å². The SMILES string of the molecule is O=c1nc(-c2ccccn2)sc2cc(C(F)(F)F)ccc12. The maximum absolute atomic E-state index is 12.7. The fraction of sp³-hybridized carbons (Fsp3) is 0.0714. The highest BCUT2D eigenvalue weighted by atomic mass is 32.1. The Labute approximate surface area is 120 Å². The maximum Gasteiger partial charge on any atom is 0.416 e. The van der Waals surface area contributed by atoms with Gasteiger partial charge >= 0.3 is 6.18 Å². The van der Waals surface area contributed by atoms with Crippen LogP contribution >= 0.6 is 11.3 Å². The van der Waals surface area contributed by atoms with E-state index in [0.29, 0.717) is 10.7 Å².